The molecule has 0 saturated heterocycles. The van der Waals surface area contributed by atoms with Crippen molar-refractivity contribution in [1.29, 1.82) is 0 Å². The summed E-state index contributed by atoms with van der Waals surface area (Å²) in [7, 11) is 0. The molecule has 2 saturated carbocycles. The molecule has 70 valence electrons. The summed E-state index contributed by atoms with van der Waals surface area (Å²) in [5, 5.41) is 0. The van der Waals surface area contributed by atoms with Crippen LogP contribution < -0.4 is 0 Å². The Morgan fingerprint density at radius 1 is 0.833 bits per heavy atom. The Bertz CT molecular complexity index is 206. The molecule has 2 fully saturated rings. The molecule has 0 aliphatic heterocycles. The third-order valence-electron chi connectivity index (χ3n) is 6.29. The van der Waals surface area contributed by atoms with E-state index in [1.54, 1.807) is 0 Å². The molecule has 4 atom stereocenters. The summed E-state index contributed by atoms with van der Waals surface area (Å²) in [5.74, 6) is 1.85. The molecule has 0 spiro atoms. The van der Waals surface area contributed by atoms with Crippen LogP contribution in [0.25, 0.3) is 0 Å². The highest BCUT2D eigenvalue weighted by Gasteiger charge is 2.82. The molecule has 0 heterocycles. The van der Waals surface area contributed by atoms with Gasteiger partial charge in [0.15, 0.2) is 0 Å². The Morgan fingerprint density at radius 2 is 1.17 bits per heavy atom. The lowest BCUT2D eigenvalue weighted by atomic mass is 9.81. The van der Waals surface area contributed by atoms with E-state index in [-0.39, 0.29) is 0 Å². The average molecular weight is 166 g/mol. The molecule has 12 heavy (non-hydrogen) atoms. The van der Waals surface area contributed by atoms with Gasteiger partial charge in [-0.3, -0.25) is 0 Å². The van der Waals surface area contributed by atoms with E-state index in [1.165, 1.54) is 6.42 Å². The van der Waals surface area contributed by atoms with Crippen LogP contribution in [0.3, 0.4) is 0 Å². The van der Waals surface area contributed by atoms with Crippen molar-refractivity contribution in [3.63, 3.8) is 0 Å². The highest BCUT2D eigenvalue weighted by Crippen LogP contribution is 2.87. The van der Waals surface area contributed by atoms with E-state index < -0.39 is 0 Å². The fourth-order valence-corrected chi connectivity index (χ4v) is 4.68. The van der Waals surface area contributed by atoms with Gasteiger partial charge in [-0.25, -0.2) is 0 Å². The summed E-state index contributed by atoms with van der Waals surface area (Å²) in [6.07, 6.45) is 1.44. The van der Waals surface area contributed by atoms with Gasteiger partial charge < -0.3 is 0 Å². The molecule has 0 N–H and O–H groups in total. The molecular weight excluding hydrogens is 144 g/mol. The molecule has 2 aliphatic rings. The van der Waals surface area contributed by atoms with Crippen LogP contribution in [-0.4, -0.2) is 0 Å². The molecule has 0 nitrogen and oxygen atoms in total. The minimum atomic E-state index is 0.580. The highest BCUT2D eigenvalue weighted by atomic mass is 14.9. The predicted molar refractivity (Wildman–Crippen MR) is 52.9 cm³/mol. The summed E-state index contributed by atoms with van der Waals surface area (Å²) >= 11 is 0. The first-order valence-corrected chi connectivity index (χ1v) is 5.30. The number of rotatable bonds is 0. The van der Waals surface area contributed by atoms with Crippen molar-refractivity contribution in [2.75, 3.05) is 0 Å². The fourth-order valence-electron chi connectivity index (χ4n) is 4.68. The monoisotopic (exact) mass is 166 g/mol. The zero-order valence-corrected chi connectivity index (χ0v) is 9.36. The quantitative estimate of drug-likeness (QED) is 0.514. The van der Waals surface area contributed by atoms with E-state index in [9.17, 15) is 0 Å². The Hall–Kier alpha value is 0. The lowest BCUT2D eigenvalue weighted by molar-refractivity contribution is 0.255. The van der Waals surface area contributed by atoms with Crippen LogP contribution in [-0.2, 0) is 0 Å². The second kappa shape index (κ2) is 1.76. The van der Waals surface area contributed by atoms with Crippen LogP contribution in [0.1, 0.15) is 48.0 Å². The van der Waals surface area contributed by atoms with Crippen LogP contribution in [0, 0.1) is 28.1 Å². The molecule has 2 aliphatic carbocycles. The Kier molecular flexibility index (Phi) is 1.26. The van der Waals surface area contributed by atoms with Crippen LogP contribution in [0.5, 0.6) is 0 Å². The first-order chi connectivity index (χ1) is 5.30. The molecule has 0 aromatic rings. The maximum absolute atomic E-state index is 2.50. The zero-order chi connectivity index (χ0) is 9.36. The molecule has 0 aromatic heterocycles. The molecule has 0 amide bonds. The van der Waals surface area contributed by atoms with Gasteiger partial charge in [-0.15, -0.1) is 0 Å². The first kappa shape index (κ1) is 8.59. The van der Waals surface area contributed by atoms with Crippen LogP contribution in [0.15, 0.2) is 0 Å². The minimum absolute atomic E-state index is 0.580. The van der Waals surface area contributed by atoms with Crippen molar-refractivity contribution >= 4 is 0 Å². The molecule has 0 heteroatoms. The molecule has 4 unspecified atom stereocenters. The van der Waals surface area contributed by atoms with Gasteiger partial charge in [0.2, 0.25) is 0 Å². The van der Waals surface area contributed by atoms with Crippen LogP contribution in [0.4, 0.5) is 0 Å². The zero-order valence-electron chi connectivity index (χ0n) is 9.36. The van der Waals surface area contributed by atoms with E-state index in [2.05, 4.69) is 41.5 Å². The van der Waals surface area contributed by atoms with Crippen molar-refractivity contribution in [3.8, 4) is 0 Å². The minimum Gasteiger partial charge on any atom is -0.0619 e. The standard InChI is InChI=1S/C12H22/c1-8-7-9(2)12(6)10(3,4)11(8,12)5/h8-9H,7H2,1-6H3. The van der Waals surface area contributed by atoms with Crippen LogP contribution in [0.2, 0.25) is 0 Å². The van der Waals surface area contributed by atoms with E-state index in [4.69, 9.17) is 0 Å². The topological polar surface area (TPSA) is 0 Å². The lowest BCUT2D eigenvalue weighted by Gasteiger charge is -2.23. The molecule has 0 radical (unpaired) electrons. The third-order valence-corrected chi connectivity index (χ3v) is 6.29. The van der Waals surface area contributed by atoms with Gasteiger partial charge in [0.25, 0.3) is 0 Å². The number of fused-ring (bicyclic) bond motifs is 1. The lowest BCUT2D eigenvalue weighted by Crippen LogP contribution is -2.16. The Labute approximate surface area is 76.7 Å². The van der Waals surface area contributed by atoms with Crippen molar-refractivity contribution in [2.24, 2.45) is 28.1 Å². The second-order valence-corrected chi connectivity index (χ2v) is 6.07. The van der Waals surface area contributed by atoms with Crippen molar-refractivity contribution in [1.82, 2.24) is 0 Å². The fraction of sp³-hybridized carbons (Fsp3) is 1.00. The predicted octanol–water partition coefficient (Wildman–Crippen LogP) is 3.71. The summed E-state index contributed by atoms with van der Waals surface area (Å²) in [6.45, 7) is 14.8. The Morgan fingerprint density at radius 3 is 1.33 bits per heavy atom. The maximum atomic E-state index is 2.50. The SMILES string of the molecule is CC1CC(C)C2(C)C(C)(C)C12C. The Balaban J connectivity index is 2.45. The van der Waals surface area contributed by atoms with Gasteiger partial charge in [-0.05, 0) is 34.5 Å². The van der Waals surface area contributed by atoms with E-state index in [0.717, 1.165) is 11.8 Å². The van der Waals surface area contributed by atoms with Crippen molar-refractivity contribution < 1.29 is 0 Å². The third kappa shape index (κ3) is 0.482. The number of hydrogen-bond donors (Lipinski definition) is 0. The molecule has 2 rings (SSSR count). The maximum Gasteiger partial charge on any atom is -0.0182 e. The average Bonchev–Trinajstić information content (AvgIpc) is 2.21. The van der Waals surface area contributed by atoms with Crippen LogP contribution >= 0.6 is 0 Å². The summed E-state index contributed by atoms with van der Waals surface area (Å²) in [4.78, 5) is 0. The van der Waals surface area contributed by atoms with Gasteiger partial charge in [-0.1, -0.05) is 41.5 Å². The normalized spacial score (nSPS) is 61.5. The van der Waals surface area contributed by atoms with Gasteiger partial charge in [-0.2, -0.15) is 0 Å². The smallest absolute Gasteiger partial charge is 0.0182 e. The number of hydrogen-bond acceptors (Lipinski definition) is 0. The van der Waals surface area contributed by atoms with Gasteiger partial charge >= 0.3 is 0 Å². The largest absolute Gasteiger partial charge is 0.0619 e. The van der Waals surface area contributed by atoms with Crippen molar-refractivity contribution in [3.05, 3.63) is 0 Å². The van der Waals surface area contributed by atoms with Gasteiger partial charge in [0, 0.05) is 0 Å². The second-order valence-electron chi connectivity index (χ2n) is 6.07. The molecule has 0 bridgehead atoms. The van der Waals surface area contributed by atoms with E-state index in [0.29, 0.717) is 16.2 Å². The van der Waals surface area contributed by atoms with E-state index >= 15 is 0 Å². The first-order valence-electron chi connectivity index (χ1n) is 5.30. The molecule has 0 aromatic carbocycles. The summed E-state index contributed by atoms with van der Waals surface area (Å²) < 4.78 is 0. The molecular formula is C12H22. The highest BCUT2D eigenvalue weighted by molar-refractivity contribution is 5.29. The van der Waals surface area contributed by atoms with Crippen molar-refractivity contribution in [2.45, 2.75) is 48.0 Å². The summed E-state index contributed by atoms with van der Waals surface area (Å²) in [5.41, 5.74) is 1.83. The summed E-state index contributed by atoms with van der Waals surface area (Å²) in [6, 6.07) is 0. The van der Waals surface area contributed by atoms with Gasteiger partial charge in [0.05, 0.1) is 0 Å². The van der Waals surface area contributed by atoms with E-state index in [1.807, 2.05) is 0 Å². The van der Waals surface area contributed by atoms with Gasteiger partial charge in [0.1, 0.15) is 0 Å².